The first-order valence-corrected chi connectivity index (χ1v) is 9.82. The molecule has 0 spiro atoms. The van der Waals surface area contributed by atoms with Crippen molar-refractivity contribution in [1.82, 2.24) is 4.57 Å². The minimum atomic E-state index is -4.73. The Labute approximate surface area is 181 Å². The van der Waals surface area contributed by atoms with Crippen LogP contribution in [0.25, 0.3) is 16.8 Å². The van der Waals surface area contributed by atoms with Gasteiger partial charge in [0.1, 0.15) is 17.2 Å². The van der Waals surface area contributed by atoms with E-state index in [9.17, 15) is 22.9 Å². The molecule has 6 nitrogen and oxygen atoms in total. The van der Waals surface area contributed by atoms with Crippen molar-refractivity contribution >= 4 is 5.69 Å². The third kappa shape index (κ3) is 3.74. The fraction of sp³-hybridized carbons (Fsp3) is 0.261. The Hall–Kier alpha value is -3.62. The van der Waals surface area contributed by atoms with Gasteiger partial charge < -0.3 is 9.47 Å². The molecule has 1 aromatic heterocycles. The zero-order valence-corrected chi connectivity index (χ0v) is 17.3. The molecule has 1 aliphatic carbocycles. The van der Waals surface area contributed by atoms with E-state index in [-0.39, 0.29) is 5.69 Å². The van der Waals surface area contributed by atoms with Crippen molar-refractivity contribution in [3.63, 3.8) is 0 Å². The van der Waals surface area contributed by atoms with E-state index < -0.39 is 23.0 Å². The lowest BCUT2D eigenvalue weighted by Crippen LogP contribution is -2.25. The lowest BCUT2D eigenvalue weighted by atomic mass is 9.98. The number of pyridine rings is 1. The molecule has 0 amide bonds. The van der Waals surface area contributed by atoms with Crippen LogP contribution in [0.2, 0.25) is 0 Å². The Morgan fingerprint density at radius 2 is 1.62 bits per heavy atom. The highest BCUT2D eigenvalue weighted by atomic mass is 19.4. The average molecular weight is 444 g/mol. The lowest BCUT2D eigenvalue weighted by Gasteiger charge is -2.19. The molecule has 1 aliphatic rings. The molecule has 3 aromatic rings. The molecule has 0 aliphatic heterocycles. The van der Waals surface area contributed by atoms with Crippen LogP contribution >= 0.6 is 0 Å². The minimum absolute atomic E-state index is 0.204. The molecule has 0 unspecified atom stereocenters. The summed E-state index contributed by atoms with van der Waals surface area (Å²) in [6.45, 7) is 0. The molecule has 1 heterocycles. The number of ether oxygens (including phenoxy) is 2. The molecule has 0 radical (unpaired) electrons. The number of fused-ring (bicyclic) bond motifs is 1. The molecule has 4 rings (SSSR count). The molecule has 9 heteroatoms. The topological polar surface area (TPSA) is 69.9 Å². The van der Waals surface area contributed by atoms with Gasteiger partial charge in [0.25, 0.3) is 5.56 Å². The van der Waals surface area contributed by atoms with Crippen LogP contribution in [0.1, 0.15) is 23.1 Å². The van der Waals surface area contributed by atoms with E-state index in [1.165, 1.54) is 20.4 Å². The average Bonchev–Trinajstić information content (AvgIpc) is 3.28. The molecule has 32 heavy (non-hydrogen) atoms. The Morgan fingerprint density at radius 1 is 0.969 bits per heavy atom. The maximum atomic E-state index is 13.7. The van der Waals surface area contributed by atoms with Crippen LogP contribution in [0.3, 0.4) is 0 Å². The smallest absolute Gasteiger partial charge is 0.418 e. The van der Waals surface area contributed by atoms with Crippen molar-refractivity contribution in [2.75, 3.05) is 14.2 Å². The number of alkyl halides is 3. The van der Waals surface area contributed by atoms with Crippen molar-refractivity contribution in [2.24, 2.45) is 5.18 Å². The van der Waals surface area contributed by atoms with Crippen LogP contribution in [0.15, 0.2) is 52.6 Å². The van der Waals surface area contributed by atoms with Gasteiger partial charge in [0, 0.05) is 23.4 Å². The van der Waals surface area contributed by atoms with Gasteiger partial charge in [-0.1, -0.05) is 0 Å². The molecule has 0 fully saturated rings. The van der Waals surface area contributed by atoms with Crippen LogP contribution in [-0.4, -0.2) is 18.8 Å². The zero-order valence-electron chi connectivity index (χ0n) is 17.3. The molecule has 0 saturated carbocycles. The van der Waals surface area contributed by atoms with Gasteiger partial charge in [-0.15, -0.1) is 4.91 Å². The van der Waals surface area contributed by atoms with Gasteiger partial charge in [-0.05, 0) is 65.9 Å². The van der Waals surface area contributed by atoms with E-state index in [1.54, 1.807) is 18.2 Å². The molecule has 0 saturated heterocycles. The minimum Gasteiger partial charge on any atom is -0.497 e. The summed E-state index contributed by atoms with van der Waals surface area (Å²) < 4.78 is 52.8. The predicted molar refractivity (Wildman–Crippen MR) is 113 cm³/mol. The second kappa shape index (κ2) is 8.14. The fourth-order valence-corrected chi connectivity index (χ4v) is 4.09. The molecule has 0 atom stereocenters. The summed E-state index contributed by atoms with van der Waals surface area (Å²) in [5.74, 6) is 1.01. The number of benzene rings is 2. The number of rotatable bonds is 5. The van der Waals surface area contributed by atoms with Crippen LogP contribution in [0.5, 0.6) is 11.5 Å². The maximum absolute atomic E-state index is 13.7. The summed E-state index contributed by atoms with van der Waals surface area (Å²) >= 11 is 0. The Kier molecular flexibility index (Phi) is 5.50. The number of halogens is 3. The van der Waals surface area contributed by atoms with E-state index in [4.69, 9.17) is 9.47 Å². The van der Waals surface area contributed by atoms with Crippen molar-refractivity contribution in [3.8, 4) is 28.3 Å². The molecular weight excluding hydrogens is 425 g/mol. The first kappa shape index (κ1) is 21.6. The molecule has 166 valence electrons. The number of hydrogen-bond donors (Lipinski definition) is 0. The van der Waals surface area contributed by atoms with Gasteiger partial charge in [-0.3, -0.25) is 9.36 Å². The summed E-state index contributed by atoms with van der Waals surface area (Å²) in [4.78, 5) is 24.2. The molecule has 0 N–H and O–H groups in total. The number of nitrogens with zero attached hydrogens (tertiary/aromatic N) is 2. The number of aromatic nitrogens is 1. The largest absolute Gasteiger partial charge is 0.497 e. The van der Waals surface area contributed by atoms with Crippen molar-refractivity contribution in [1.29, 1.82) is 0 Å². The van der Waals surface area contributed by atoms with Gasteiger partial charge in [0.15, 0.2) is 0 Å². The Morgan fingerprint density at radius 3 is 2.22 bits per heavy atom. The maximum Gasteiger partial charge on any atom is 0.418 e. The summed E-state index contributed by atoms with van der Waals surface area (Å²) in [5, 5.41) is 2.74. The van der Waals surface area contributed by atoms with E-state index in [0.717, 1.165) is 28.3 Å². The second-order valence-corrected chi connectivity index (χ2v) is 7.42. The molecule has 2 aromatic carbocycles. The van der Waals surface area contributed by atoms with Crippen LogP contribution in [0, 0.1) is 4.91 Å². The van der Waals surface area contributed by atoms with Gasteiger partial charge >= 0.3 is 6.18 Å². The number of methoxy groups -OCH3 is 2. The highest BCUT2D eigenvalue weighted by molar-refractivity contribution is 5.72. The third-order valence-electron chi connectivity index (χ3n) is 5.59. The van der Waals surface area contributed by atoms with Gasteiger partial charge in [0.2, 0.25) is 0 Å². The first-order valence-electron chi connectivity index (χ1n) is 9.82. The molecular formula is C23H19F3N2O4. The van der Waals surface area contributed by atoms with Crippen molar-refractivity contribution in [3.05, 3.63) is 74.5 Å². The summed E-state index contributed by atoms with van der Waals surface area (Å²) in [6, 6.07) is 7.87. The predicted octanol–water partition coefficient (Wildman–Crippen LogP) is 5.43. The Balaban J connectivity index is 2.05. The van der Waals surface area contributed by atoms with Crippen LogP contribution < -0.4 is 15.0 Å². The van der Waals surface area contributed by atoms with Gasteiger partial charge in [0.05, 0.1) is 25.5 Å². The SMILES string of the molecule is COc1cc(OC)cc(-c2cn(-c3cc(N=O)ccc3C(F)(F)F)c(=O)c3c2CCC3)c1. The Bertz CT molecular complexity index is 1240. The monoisotopic (exact) mass is 444 g/mol. The van der Waals surface area contributed by atoms with E-state index in [1.807, 2.05) is 0 Å². The normalized spacial score (nSPS) is 13.0. The van der Waals surface area contributed by atoms with Crippen molar-refractivity contribution in [2.45, 2.75) is 25.4 Å². The third-order valence-corrected chi connectivity index (χ3v) is 5.59. The van der Waals surface area contributed by atoms with E-state index in [2.05, 4.69) is 5.18 Å². The quantitative estimate of drug-likeness (QED) is 0.493. The summed E-state index contributed by atoms with van der Waals surface area (Å²) in [7, 11) is 2.99. The van der Waals surface area contributed by atoms with Gasteiger partial charge in [-0.2, -0.15) is 13.2 Å². The van der Waals surface area contributed by atoms with Gasteiger partial charge in [-0.25, -0.2) is 0 Å². The number of hydrogen-bond acceptors (Lipinski definition) is 5. The first-order chi connectivity index (χ1) is 15.3. The standard InChI is InChI=1S/C23H19F3N2O4/c1-31-15-8-13(9-16(11-15)32-2)19-12-28(22(29)18-5-3-4-17(18)19)21-10-14(27-30)6-7-20(21)23(24,25)26/h6-12H,3-5H2,1-2H3. The number of nitroso groups, excluding NO2 is 1. The summed E-state index contributed by atoms with van der Waals surface area (Å²) in [6.07, 6.45) is -1.54. The second-order valence-electron chi connectivity index (χ2n) is 7.42. The van der Waals surface area contributed by atoms with E-state index in [0.29, 0.717) is 47.5 Å². The highest BCUT2D eigenvalue weighted by Gasteiger charge is 2.35. The fourth-order valence-electron chi connectivity index (χ4n) is 4.09. The van der Waals surface area contributed by atoms with Crippen molar-refractivity contribution < 1.29 is 22.6 Å². The lowest BCUT2D eigenvalue weighted by molar-refractivity contribution is -0.137. The molecule has 0 bridgehead atoms. The zero-order chi connectivity index (χ0) is 23.0. The van der Waals surface area contributed by atoms with Crippen LogP contribution in [0.4, 0.5) is 18.9 Å². The summed E-state index contributed by atoms with van der Waals surface area (Å²) in [5.41, 5.74) is 0.291. The highest BCUT2D eigenvalue weighted by Crippen LogP contribution is 2.38. The van der Waals surface area contributed by atoms with E-state index >= 15 is 0 Å². The van der Waals surface area contributed by atoms with Crippen LogP contribution in [-0.2, 0) is 19.0 Å².